The van der Waals surface area contributed by atoms with Crippen LogP contribution in [-0.4, -0.2) is 460 Å². The van der Waals surface area contributed by atoms with Crippen LogP contribution in [0.3, 0.4) is 0 Å². The van der Waals surface area contributed by atoms with Gasteiger partial charge in [-0.1, -0.05) is 0 Å². The quantitative estimate of drug-likeness (QED) is 0.0214. The van der Waals surface area contributed by atoms with E-state index in [9.17, 15) is 130 Å². The Hall–Kier alpha value is -6.14. The van der Waals surface area contributed by atoms with E-state index in [4.69, 9.17) is 90.8 Å². The van der Waals surface area contributed by atoms with Gasteiger partial charge in [0.1, 0.15) is 195 Å². The maximum Gasteiger partial charge on any atom is 0.217 e. The van der Waals surface area contributed by atoms with Crippen LogP contribution in [0, 0.1) is 0 Å². The monoisotopic (exact) mass is 1800 g/mol. The molecule has 8 amide bonds. The predicted octanol–water partition coefficient (Wildman–Crippen LogP) is -18.4. The number of hydrogen-bond acceptors (Lipinski definition) is 42. The molecular formula is C68H114N12O40S2. The van der Waals surface area contributed by atoms with Crippen LogP contribution in [0.2, 0.25) is 0 Å². The van der Waals surface area contributed by atoms with Crippen LogP contribution in [0.25, 0.3) is 0 Å². The number of carbonyl (C=O) groups is 8. The third-order valence-electron chi connectivity index (χ3n) is 20.9. The Morgan fingerprint density at radius 3 is 0.648 bits per heavy atom. The zero-order chi connectivity index (χ0) is 90.3. The largest absolute Gasteiger partial charge is 0.394 e. The van der Waals surface area contributed by atoms with Gasteiger partial charge in [0.25, 0.3) is 0 Å². The summed E-state index contributed by atoms with van der Waals surface area (Å²) in [6, 6.07) is -13.9. The summed E-state index contributed by atoms with van der Waals surface area (Å²) >= 11 is 11.7. The highest BCUT2D eigenvalue weighted by Gasteiger charge is 2.60. The molecule has 122 heavy (non-hydrogen) atoms. The number of thiocarbonyl (C=S) groups is 2. The zero-order valence-electron chi connectivity index (χ0n) is 67.0. The molecule has 8 rings (SSSR count). The van der Waals surface area contributed by atoms with Gasteiger partial charge in [-0.05, 0) is 24.4 Å². The van der Waals surface area contributed by atoms with Gasteiger partial charge in [-0.15, -0.1) is 0 Å². The molecule has 8 aliphatic rings. The third-order valence-corrected chi connectivity index (χ3v) is 21.4. The summed E-state index contributed by atoms with van der Waals surface area (Å²) in [4.78, 5) is 104. The Kier molecular flexibility index (Phi) is 38.2. The van der Waals surface area contributed by atoms with E-state index in [1.807, 2.05) is 0 Å². The van der Waals surface area contributed by atoms with Crippen LogP contribution in [0.5, 0.6) is 0 Å². The average Bonchev–Trinajstić information content (AvgIpc) is 0.757. The lowest BCUT2D eigenvalue weighted by atomic mass is 9.92. The molecule has 52 nitrogen and oxygen atoms in total. The molecule has 0 aromatic heterocycles. The number of carbonyl (C=O) groups excluding carboxylic acids is 8. The normalized spacial score (nSPS) is 41.6. The molecule has 8 saturated heterocycles. The lowest BCUT2D eigenvalue weighted by Crippen LogP contribution is -2.73. The molecule has 54 heteroatoms. The molecule has 8 aliphatic heterocycles. The molecule has 0 aromatic carbocycles. The van der Waals surface area contributed by atoms with Gasteiger partial charge < -0.3 is 222 Å². The highest BCUT2D eigenvalue weighted by Crippen LogP contribution is 2.38. The van der Waals surface area contributed by atoms with Crippen molar-refractivity contribution in [3.63, 3.8) is 0 Å². The molecule has 0 aromatic rings. The topological polar surface area (TPSA) is 774 Å². The van der Waals surface area contributed by atoms with E-state index in [0.29, 0.717) is 0 Å². The molecule has 0 aliphatic carbocycles. The van der Waals surface area contributed by atoms with Gasteiger partial charge in [-0.2, -0.15) is 0 Å². The summed E-state index contributed by atoms with van der Waals surface area (Å²) < 4.78 is 88.1. The van der Waals surface area contributed by atoms with Crippen LogP contribution in [0.15, 0.2) is 0 Å². The number of amides is 8. The molecule has 30 N–H and O–H groups in total. The molecule has 0 spiro atoms. The van der Waals surface area contributed by atoms with Crippen LogP contribution in [0.4, 0.5) is 0 Å². The van der Waals surface area contributed by atoms with Gasteiger partial charge in [0.2, 0.25) is 47.3 Å². The lowest BCUT2D eigenvalue weighted by Gasteiger charge is -2.52. The highest BCUT2D eigenvalue weighted by atomic mass is 32.1. The van der Waals surface area contributed by atoms with Crippen molar-refractivity contribution in [2.75, 3.05) is 65.9 Å². The lowest BCUT2D eigenvalue weighted by molar-refractivity contribution is -0.348. The number of nitrogens with one attached hydrogen (secondary N) is 12. The van der Waals surface area contributed by atoms with E-state index < -0.39 is 345 Å². The van der Waals surface area contributed by atoms with Crippen molar-refractivity contribution >= 4 is 81.9 Å². The van der Waals surface area contributed by atoms with Gasteiger partial charge in [-0.25, -0.2) is 0 Å². The van der Waals surface area contributed by atoms with Crippen LogP contribution in [-0.2, 0) is 105 Å². The van der Waals surface area contributed by atoms with Crippen molar-refractivity contribution in [1.29, 1.82) is 0 Å². The Labute approximate surface area is 706 Å². The first-order valence-corrected chi connectivity index (χ1v) is 39.6. The molecule has 0 bridgehead atoms. The number of rotatable bonds is 33. The summed E-state index contributed by atoms with van der Waals surface area (Å²) in [7, 11) is 0. The van der Waals surface area contributed by atoms with E-state index in [-0.39, 0.29) is 23.3 Å². The van der Waals surface area contributed by atoms with Gasteiger partial charge in [0.05, 0.1) is 52.9 Å². The fraction of sp³-hybridized carbons (Fsp3) is 0.853. The minimum Gasteiger partial charge on any atom is -0.394 e. The number of hydrogen-bond donors (Lipinski definition) is 30. The second-order valence-corrected chi connectivity index (χ2v) is 30.9. The van der Waals surface area contributed by atoms with E-state index in [1.54, 1.807) is 0 Å². The Balaban J connectivity index is 1.16. The minimum absolute atomic E-state index is 0.311. The Morgan fingerprint density at radius 1 is 0.254 bits per heavy atom. The molecule has 0 saturated carbocycles. The van der Waals surface area contributed by atoms with Crippen molar-refractivity contribution in [3.05, 3.63) is 0 Å². The standard InChI is InChI=1S/C68H114N12O40S2/c1-19(87)71-35-49(101)43(95)27(11-81)111-61(35)107-17-33-55(117-63-37(73-21(3)89)51(103)45(97)29(13-83)113-63)57(119-65-39(75-23(5)91)53(105)47(99)31(15-85)115-65)41(77-25(7)93)59(109-33)79-67(121)69-9-10-70-68(122)80-60-42(78-26(8)94)58(120-66-40(76-24(6)92)54(106)48(100)32(16-86)116-66)56(118-64-38(74-22(4)90)52(104)46(98)30(14-84)114-64)34(110-60)18-108-62-36(72-20(2)88)50(102)44(96)28(12-82)112-62/h27-66,81-86,95-106H,9-18H2,1-8H3,(H,71,87)(H,72,88)(H,73,89)(H,74,90)(H,75,91)(H,76,92)(H,77,93)(H,78,94)(H2,69,79,121)(H2,70,80,122)/t27-,28-,29-,30-,31-,32-,33-,34-,35-,36-,37-,38-,39-,40-,41-,42-,43-,44-,45-,46-,47-,48-,49-,50-,51-,52-,53-,54-,55-,56-,57-,58-,59-,60-,61-,62-,63+,64+,65+,66+/m1/s1. The Morgan fingerprint density at radius 2 is 0.443 bits per heavy atom. The van der Waals surface area contributed by atoms with E-state index in [2.05, 4.69) is 63.8 Å². The van der Waals surface area contributed by atoms with E-state index in [1.165, 1.54) is 0 Å². The summed E-state index contributed by atoms with van der Waals surface area (Å²) in [6.07, 6.45) is -60.1. The predicted molar refractivity (Wildman–Crippen MR) is 404 cm³/mol. The van der Waals surface area contributed by atoms with Crippen molar-refractivity contribution in [2.45, 2.75) is 300 Å². The maximum atomic E-state index is 13.7. The molecule has 698 valence electrons. The summed E-state index contributed by atoms with van der Waals surface area (Å²) in [5.41, 5.74) is 0. The maximum absolute atomic E-state index is 13.7. The number of aliphatic hydroxyl groups excluding tert-OH is 18. The molecule has 0 radical (unpaired) electrons. The van der Waals surface area contributed by atoms with Gasteiger partial charge in [0, 0.05) is 68.5 Å². The summed E-state index contributed by atoms with van der Waals surface area (Å²) in [5, 5.41) is 228. The fourth-order valence-electron chi connectivity index (χ4n) is 15.1. The molecule has 0 unspecified atom stereocenters. The van der Waals surface area contributed by atoms with E-state index >= 15 is 0 Å². The van der Waals surface area contributed by atoms with Crippen molar-refractivity contribution in [1.82, 2.24) is 63.8 Å². The molecule has 8 fully saturated rings. The number of aliphatic hydroxyl groups is 18. The van der Waals surface area contributed by atoms with E-state index in [0.717, 1.165) is 55.4 Å². The zero-order valence-corrected chi connectivity index (χ0v) is 68.6. The second kappa shape index (κ2) is 46.0. The van der Waals surface area contributed by atoms with Gasteiger partial charge in [-0.3, -0.25) is 38.4 Å². The summed E-state index contributed by atoms with van der Waals surface area (Å²) in [6.45, 7) is -0.158. The van der Waals surface area contributed by atoms with Crippen LogP contribution >= 0.6 is 24.4 Å². The van der Waals surface area contributed by atoms with Gasteiger partial charge in [0.15, 0.2) is 60.4 Å². The van der Waals surface area contributed by atoms with Crippen LogP contribution < -0.4 is 63.8 Å². The summed E-state index contributed by atoms with van der Waals surface area (Å²) in [5.74, 6) is -6.73. The molecular weight excluding hydrogens is 1690 g/mol. The minimum atomic E-state index is -2.02. The first-order chi connectivity index (χ1) is 57.6. The smallest absolute Gasteiger partial charge is 0.217 e. The van der Waals surface area contributed by atoms with Gasteiger partial charge >= 0.3 is 0 Å². The SMILES string of the molecule is CC(=O)N[C@@H]1[C@@H](O[C@@H]2O[C@H](CO)[C@@H](O)[C@H](O)[C@H]2NC(C)=O)[C@H](O[C@@H]2O[C@H](CO)[C@@H](O)[C@H](O)[C@H]2NC(C)=O)[C@@H](CO[C@@H]2O[C@H](CO)[C@@H](O)[C@H](O)[C@H]2NC(C)=O)O[C@H]1NC(=S)NCCNC(=S)N[C@@H]1O[C@H](CO[C@@H]2O[C@H](CO)[C@@H](O)[C@H](O)[C@H]2NC(C)=O)[C@@H](O[C@@H]2O[C@H](CO)[C@@H](O)[C@H](O)[C@H]2NC(C)=O)[C@H](O[C@@H]2O[C@H](CO)[C@@H](O)[C@H](O)[C@H]2NC(C)=O)[C@H]1NC(C)=O. The second-order valence-electron chi connectivity index (χ2n) is 30.1. The third kappa shape index (κ3) is 25.4. The first kappa shape index (κ1) is 101. The average molecular weight is 1800 g/mol. The Bertz CT molecular complexity index is 3270. The van der Waals surface area contributed by atoms with Crippen molar-refractivity contribution in [2.24, 2.45) is 0 Å². The van der Waals surface area contributed by atoms with Crippen LogP contribution in [0.1, 0.15) is 55.4 Å². The molecule has 8 heterocycles. The molecule has 40 atom stereocenters. The van der Waals surface area contributed by atoms with Crippen molar-refractivity contribution < 1.29 is 197 Å². The number of ether oxygens (including phenoxy) is 14. The first-order valence-electron chi connectivity index (χ1n) is 38.8. The highest BCUT2D eigenvalue weighted by molar-refractivity contribution is 7.80. The fourth-order valence-corrected chi connectivity index (χ4v) is 15.6. The van der Waals surface area contributed by atoms with Crippen molar-refractivity contribution in [3.8, 4) is 0 Å².